The zero-order chi connectivity index (χ0) is 40.8. The molecule has 0 amide bonds. The largest absolute Gasteiger partial charge is 0.485 e. The van der Waals surface area contributed by atoms with Gasteiger partial charge in [0.2, 0.25) is 0 Å². The van der Waals surface area contributed by atoms with Crippen LogP contribution in [0.3, 0.4) is 0 Å². The third-order valence-electron chi connectivity index (χ3n) is 14.6. The van der Waals surface area contributed by atoms with E-state index in [2.05, 4.69) is 74.5 Å². The van der Waals surface area contributed by atoms with Gasteiger partial charge >= 0.3 is 11.9 Å². The highest BCUT2D eigenvalue weighted by molar-refractivity contribution is 5.85. The molecule has 4 saturated carbocycles. The van der Waals surface area contributed by atoms with Gasteiger partial charge in [0.1, 0.15) is 35.9 Å². The number of fused-ring (bicyclic) bond motifs is 2. The van der Waals surface area contributed by atoms with Crippen LogP contribution in [0, 0.1) is 57.2 Å². The van der Waals surface area contributed by atoms with Gasteiger partial charge in [-0.3, -0.25) is 9.59 Å². The molecule has 10 rings (SSSR count). The fourth-order valence-electron chi connectivity index (χ4n) is 11.6. The lowest BCUT2D eigenvalue weighted by molar-refractivity contribution is -0.148. The van der Waals surface area contributed by atoms with Gasteiger partial charge in [-0.25, -0.2) is 0 Å². The van der Waals surface area contributed by atoms with Crippen molar-refractivity contribution in [3.63, 3.8) is 0 Å². The number of carbonyl (C=O) groups excluding carboxylic acids is 2. The topological polar surface area (TPSA) is 137 Å². The molecule has 59 heavy (non-hydrogen) atoms. The first kappa shape index (κ1) is 37.6. The maximum Gasteiger partial charge on any atom is 0.327 e. The summed E-state index contributed by atoms with van der Waals surface area (Å²) < 4.78 is 37.6. The van der Waals surface area contributed by atoms with Gasteiger partial charge in [0.15, 0.2) is 10.8 Å². The van der Waals surface area contributed by atoms with E-state index in [0.29, 0.717) is 24.3 Å². The quantitative estimate of drug-likeness (QED) is 0.130. The number of hydrogen-bond donors (Lipinski definition) is 0. The zero-order valence-corrected chi connectivity index (χ0v) is 33.6. The summed E-state index contributed by atoms with van der Waals surface area (Å²) in [5, 5.41) is 20.1. The zero-order valence-electron chi connectivity index (χ0n) is 33.6. The van der Waals surface area contributed by atoms with Crippen LogP contribution in [0.15, 0.2) is 84.9 Å². The minimum absolute atomic E-state index is 0.0246. The molecule has 300 valence electrons. The van der Waals surface area contributed by atoms with E-state index in [1.54, 1.807) is 14.2 Å². The van der Waals surface area contributed by atoms with Crippen molar-refractivity contribution in [2.24, 2.45) is 34.5 Å². The molecule has 0 aromatic heterocycles. The van der Waals surface area contributed by atoms with Crippen molar-refractivity contribution in [3.8, 4) is 45.9 Å². The minimum atomic E-state index is -1.06. The molecular formula is C49H46N2O8. The monoisotopic (exact) mass is 790 g/mol. The number of hydrogen-bond acceptors (Lipinski definition) is 10. The Hall–Kier alpha value is -5.68. The Kier molecular flexibility index (Phi) is 8.72. The Balaban J connectivity index is 1.07. The first-order valence-corrected chi connectivity index (χ1v) is 20.6. The maximum atomic E-state index is 13.0. The molecule has 6 fully saturated rings. The lowest BCUT2D eigenvalue weighted by Crippen LogP contribution is -2.40. The van der Waals surface area contributed by atoms with Gasteiger partial charge in [-0.1, -0.05) is 74.5 Å². The Bertz CT molecular complexity index is 2290. The molecule has 0 spiro atoms. The summed E-state index contributed by atoms with van der Waals surface area (Å²) in [5.74, 6) is 0.246. The number of carbonyl (C=O) groups is 2. The molecule has 10 nitrogen and oxygen atoms in total. The average Bonchev–Trinajstić information content (AvgIpc) is 4.06. The summed E-state index contributed by atoms with van der Waals surface area (Å²) in [7, 11) is 3.35. The summed E-state index contributed by atoms with van der Waals surface area (Å²) in [6, 6.07) is 33.6. The third kappa shape index (κ3) is 5.42. The second-order valence-electron chi connectivity index (χ2n) is 17.9. The van der Waals surface area contributed by atoms with Crippen LogP contribution >= 0.6 is 0 Å². The van der Waals surface area contributed by atoms with Crippen molar-refractivity contribution < 1.29 is 38.0 Å². The van der Waals surface area contributed by atoms with Gasteiger partial charge in [0, 0.05) is 65.6 Å². The molecular weight excluding hydrogens is 745 g/mol. The van der Waals surface area contributed by atoms with Crippen LogP contribution in [0.4, 0.5) is 0 Å². The van der Waals surface area contributed by atoms with Crippen molar-refractivity contribution in [2.45, 2.75) is 82.6 Å². The average molecular weight is 791 g/mol. The second-order valence-corrected chi connectivity index (χ2v) is 17.9. The van der Waals surface area contributed by atoms with Crippen LogP contribution in [0.2, 0.25) is 0 Å². The molecule has 6 aliphatic rings. The maximum absolute atomic E-state index is 13.0. The van der Waals surface area contributed by atoms with Gasteiger partial charge in [-0.05, 0) is 72.2 Å². The lowest BCUT2D eigenvalue weighted by Gasteiger charge is -2.33. The fraction of sp³-hybridized carbons (Fsp3) is 0.429. The number of ether oxygens (including phenoxy) is 6. The van der Waals surface area contributed by atoms with Crippen molar-refractivity contribution in [1.82, 2.24) is 0 Å². The molecule has 4 bridgehead atoms. The number of nitrogens with zero attached hydrogens (tertiary/aromatic N) is 2. The Morgan fingerprint density at radius 3 is 1.44 bits per heavy atom. The first-order valence-electron chi connectivity index (χ1n) is 20.6. The molecule has 0 radical (unpaired) electrons. The minimum Gasteiger partial charge on any atom is -0.485 e. The molecule has 2 aliphatic heterocycles. The van der Waals surface area contributed by atoms with Gasteiger partial charge in [-0.15, -0.1) is 0 Å². The van der Waals surface area contributed by atoms with Gasteiger partial charge < -0.3 is 28.4 Å². The fourth-order valence-corrected chi connectivity index (χ4v) is 11.6. The van der Waals surface area contributed by atoms with E-state index in [1.165, 1.54) is 0 Å². The van der Waals surface area contributed by atoms with Gasteiger partial charge in [0.25, 0.3) is 0 Å². The summed E-state index contributed by atoms with van der Waals surface area (Å²) in [5.41, 5.74) is 4.86. The van der Waals surface area contributed by atoms with Crippen molar-refractivity contribution in [2.75, 3.05) is 14.2 Å². The lowest BCUT2D eigenvalue weighted by atomic mass is 9.74. The summed E-state index contributed by atoms with van der Waals surface area (Å²) >= 11 is 0. The van der Waals surface area contributed by atoms with Crippen LogP contribution in [0.5, 0.6) is 11.5 Å². The smallest absolute Gasteiger partial charge is 0.327 e. The third-order valence-corrected chi connectivity index (χ3v) is 14.6. The van der Waals surface area contributed by atoms with Crippen molar-refractivity contribution in [1.29, 1.82) is 10.5 Å². The van der Waals surface area contributed by atoms with E-state index in [0.717, 1.165) is 57.3 Å². The standard InChI is InChI=1S/C49H46N2O8/c1-47(2,33-15-31(23-54-3)39(35(19-33)27-11-7-5-8-12-27)56-41-29-17-37-43(41)58-45(52)48(37,21-29)25-50)34-16-32(24-55-4)40(36(20-34)28-13-9-6-10-14-28)57-42-30-18-38-44(42)59-46(53)49(38,22-30)26-51/h5-16,19-20,29-30,37-38,41-44H,17-18,21-24H2,1-4H3. The number of methoxy groups -OCH3 is 2. The molecule has 4 aromatic carbocycles. The number of rotatable bonds is 12. The van der Waals surface area contributed by atoms with E-state index in [1.807, 2.05) is 36.4 Å². The molecule has 4 aliphatic carbocycles. The van der Waals surface area contributed by atoms with Crippen LogP contribution < -0.4 is 9.47 Å². The van der Waals surface area contributed by atoms with E-state index in [9.17, 15) is 20.1 Å². The molecule has 2 heterocycles. The van der Waals surface area contributed by atoms with Gasteiger partial charge in [0.05, 0.1) is 25.4 Å². The SMILES string of the molecule is COCc1cc(C(C)(C)c2cc(COC)c(OC3C4CC5C3OC(=O)C5(C#N)C4)c(-c3ccccc3)c2)cc(-c2ccccc2)c1OC1C2CC3C1OC(=O)C3(C#N)C2. The summed E-state index contributed by atoms with van der Waals surface area (Å²) in [6.45, 7) is 4.98. The first-order chi connectivity index (χ1) is 28.6. The van der Waals surface area contributed by atoms with Crippen LogP contribution in [-0.2, 0) is 47.2 Å². The highest BCUT2D eigenvalue weighted by atomic mass is 16.6. The molecule has 10 unspecified atom stereocenters. The van der Waals surface area contributed by atoms with Gasteiger partial charge in [-0.2, -0.15) is 10.5 Å². The van der Waals surface area contributed by atoms with E-state index in [-0.39, 0.29) is 49.1 Å². The molecule has 4 aromatic rings. The molecule has 10 heteroatoms. The van der Waals surface area contributed by atoms with Crippen LogP contribution in [0.1, 0.15) is 61.8 Å². The van der Waals surface area contributed by atoms with E-state index >= 15 is 0 Å². The van der Waals surface area contributed by atoms with Crippen LogP contribution in [0.25, 0.3) is 22.3 Å². The highest BCUT2D eigenvalue weighted by Gasteiger charge is 2.73. The van der Waals surface area contributed by atoms with Crippen molar-refractivity contribution in [3.05, 3.63) is 107 Å². The molecule has 10 atom stereocenters. The Morgan fingerprint density at radius 2 is 1.07 bits per heavy atom. The number of esters is 2. The van der Waals surface area contributed by atoms with Crippen LogP contribution in [-0.4, -0.2) is 50.6 Å². The predicted molar refractivity (Wildman–Crippen MR) is 214 cm³/mol. The second kappa shape index (κ2) is 13.7. The van der Waals surface area contributed by atoms with E-state index in [4.69, 9.17) is 28.4 Å². The Labute approximate surface area is 343 Å². The Morgan fingerprint density at radius 1 is 0.661 bits per heavy atom. The normalized spacial score (nSPS) is 31.8. The van der Waals surface area contributed by atoms with Crippen molar-refractivity contribution >= 4 is 11.9 Å². The highest BCUT2D eigenvalue weighted by Crippen LogP contribution is 2.64. The summed E-state index contributed by atoms with van der Waals surface area (Å²) in [4.78, 5) is 26.0. The molecule has 0 N–H and O–H groups in total. The molecule has 2 saturated heterocycles. The number of benzene rings is 4. The summed E-state index contributed by atoms with van der Waals surface area (Å²) in [6.07, 6.45) is 0.650. The predicted octanol–water partition coefficient (Wildman–Crippen LogP) is 8.08. The number of nitriles is 2. The van der Waals surface area contributed by atoms with E-state index < -0.39 is 40.4 Å².